The molecule has 2 aromatic carbocycles. The number of carbonyl (C=O) groups is 2. The average molecular weight is 499 g/mol. The molecule has 7 nitrogen and oxygen atoms in total. The van der Waals surface area contributed by atoms with E-state index < -0.39 is 0 Å². The van der Waals surface area contributed by atoms with Crippen molar-refractivity contribution in [1.29, 1.82) is 0 Å². The van der Waals surface area contributed by atoms with Crippen LogP contribution >= 0.6 is 0 Å². The number of benzene rings is 2. The topological polar surface area (TPSA) is 78.0 Å². The summed E-state index contributed by atoms with van der Waals surface area (Å²) in [5.41, 5.74) is 6.05. The molecule has 0 radical (unpaired) electrons. The number of nitrogens with zero attached hydrogens (tertiary/aromatic N) is 2. The van der Waals surface area contributed by atoms with Gasteiger partial charge in [-0.3, -0.25) is 9.69 Å². The summed E-state index contributed by atoms with van der Waals surface area (Å²) in [6.07, 6.45) is 0.768. The third kappa shape index (κ3) is 4.17. The van der Waals surface area contributed by atoms with Crippen molar-refractivity contribution in [2.24, 2.45) is 5.92 Å². The molecule has 190 valence electrons. The average Bonchev–Trinajstić information content (AvgIpc) is 3.24. The number of Topliss-reactive ketones (excluding diaryl/α,β-unsaturated/α-hetero) is 1. The van der Waals surface area contributed by atoms with Gasteiger partial charge in [-0.2, -0.15) is 0 Å². The first-order valence-electron chi connectivity index (χ1n) is 12.8. The number of rotatable bonds is 5. The summed E-state index contributed by atoms with van der Waals surface area (Å²) >= 11 is 0. The van der Waals surface area contributed by atoms with Crippen molar-refractivity contribution in [2.45, 2.75) is 37.8 Å². The summed E-state index contributed by atoms with van der Waals surface area (Å²) < 4.78 is 16.9. The van der Waals surface area contributed by atoms with E-state index in [0.717, 1.165) is 0 Å². The molecule has 2 bridgehead atoms. The Morgan fingerprint density at radius 3 is 2.16 bits per heavy atom. The fourth-order valence-electron chi connectivity index (χ4n) is 6.23. The summed E-state index contributed by atoms with van der Waals surface area (Å²) in [6.45, 7) is 2.92. The number of amides is 1. The van der Waals surface area contributed by atoms with E-state index in [1.165, 1.54) is 22.3 Å². The van der Waals surface area contributed by atoms with Gasteiger partial charge in [0.05, 0.1) is 38.1 Å². The molecular weight excluding hydrogens is 468 g/mol. The van der Waals surface area contributed by atoms with Crippen LogP contribution in [0.2, 0.25) is 0 Å². The molecule has 3 heterocycles. The second-order valence-electron chi connectivity index (χ2n) is 10.1. The zero-order valence-corrected chi connectivity index (χ0v) is 21.1. The highest BCUT2D eigenvalue weighted by molar-refractivity contribution is 5.99. The summed E-state index contributed by atoms with van der Waals surface area (Å²) in [5, 5.41) is 0. The highest BCUT2D eigenvalue weighted by Gasteiger charge is 2.45. The van der Waals surface area contributed by atoms with Crippen LogP contribution < -0.4 is 4.74 Å². The molecule has 2 atom stereocenters. The molecule has 1 aliphatic carbocycles. The van der Waals surface area contributed by atoms with Crippen molar-refractivity contribution < 1.29 is 23.8 Å². The maximum atomic E-state index is 13.4. The zero-order chi connectivity index (χ0) is 25.5. The number of piperidine rings is 1. The quantitative estimate of drug-likeness (QED) is 0.460. The summed E-state index contributed by atoms with van der Waals surface area (Å²) in [7, 11) is 1.56. The molecule has 37 heavy (non-hydrogen) atoms. The largest absolute Gasteiger partial charge is 0.481 e. The standard InChI is InChI=1S/C30H30N2O5/c1-18-22(11-12-28(31-18)35-2)29(33)19-13-20-15-36-16-21(14-19)32(20)30(34)37-17-27-25-9-5-3-7-23(25)24-8-4-6-10-26(24)27/h3-12,19-21,27H,13-17H2,1-2H3. The molecule has 7 heteroatoms. The molecule has 0 saturated carbocycles. The number of carbonyl (C=O) groups excluding carboxylic acids is 2. The van der Waals surface area contributed by atoms with E-state index in [2.05, 4.69) is 29.2 Å². The Morgan fingerprint density at radius 2 is 1.57 bits per heavy atom. The first-order chi connectivity index (χ1) is 18.0. The minimum absolute atomic E-state index is 0.0112. The van der Waals surface area contributed by atoms with Crippen molar-refractivity contribution in [3.63, 3.8) is 0 Å². The van der Waals surface area contributed by atoms with Crippen LogP contribution in [0.25, 0.3) is 11.1 Å². The number of aromatic nitrogens is 1. The Kier molecular flexibility index (Phi) is 6.16. The first-order valence-corrected chi connectivity index (χ1v) is 12.8. The minimum Gasteiger partial charge on any atom is -0.481 e. The van der Waals surface area contributed by atoms with E-state index in [1.54, 1.807) is 19.2 Å². The van der Waals surface area contributed by atoms with E-state index in [-0.39, 0.29) is 42.4 Å². The smallest absolute Gasteiger partial charge is 0.410 e. The Hall–Kier alpha value is -3.71. The van der Waals surface area contributed by atoms with Crippen LogP contribution in [0.1, 0.15) is 45.9 Å². The lowest BCUT2D eigenvalue weighted by atomic mass is 9.80. The number of ether oxygens (including phenoxy) is 3. The van der Waals surface area contributed by atoms with E-state index in [4.69, 9.17) is 14.2 Å². The maximum absolute atomic E-state index is 13.4. The van der Waals surface area contributed by atoms with Gasteiger partial charge in [0.15, 0.2) is 5.78 Å². The van der Waals surface area contributed by atoms with Crippen LogP contribution in [-0.4, -0.2) is 60.8 Å². The van der Waals surface area contributed by atoms with Crippen molar-refractivity contribution in [1.82, 2.24) is 9.88 Å². The predicted octanol–water partition coefficient (Wildman–Crippen LogP) is 5.01. The molecular formula is C30H30N2O5. The van der Waals surface area contributed by atoms with Gasteiger partial charge in [-0.25, -0.2) is 9.78 Å². The zero-order valence-electron chi connectivity index (χ0n) is 21.1. The molecule has 2 unspecified atom stereocenters. The lowest BCUT2D eigenvalue weighted by molar-refractivity contribution is -0.0747. The fourth-order valence-corrected chi connectivity index (χ4v) is 6.23. The van der Waals surface area contributed by atoms with Crippen LogP contribution in [0, 0.1) is 12.8 Å². The molecule has 3 aromatic rings. The minimum atomic E-state index is -0.326. The molecule has 6 rings (SSSR count). The van der Waals surface area contributed by atoms with Gasteiger partial charge in [0.2, 0.25) is 5.88 Å². The molecule has 2 saturated heterocycles. The molecule has 2 fully saturated rings. The Bertz CT molecular complexity index is 1300. The van der Waals surface area contributed by atoms with E-state index >= 15 is 0 Å². The second kappa shape index (κ2) is 9.63. The predicted molar refractivity (Wildman–Crippen MR) is 138 cm³/mol. The normalized spacial score (nSPS) is 22.2. The lowest BCUT2D eigenvalue weighted by Gasteiger charge is -2.47. The lowest BCUT2D eigenvalue weighted by Crippen LogP contribution is -2.60. The number of pyridine rings is 1. The monoisotopic (exact) mass is 498 g/mol. The van der Waals surface area contributed by atoms with Crippen molar-refractivity contribution in [3.05, 3.63) is 83.0 Å². The van der Waals surface area contributed by atoms with Gasteiger partial charge in [0, 0.05) is 23.5 Å². The number of ketones is 1. The van der Waals surface area contributed by atoms with E-state index in [0.29, 0.717) is 43.2 Å². The number of methoxy groups -OCH3 is 1. The first kappa shape index (κ1) is 23.7. The van der Waals surface area contributed by atoms with Gasteiger partial charge in [0.25, 0.3) is 0 Å². The van der Waals surface area contributed by atoms with Gasteiger partial charge in [0.1, 0.15) is 6.61 Å². The summed E-state index contributed by atoms with van der Waals surface area (Å²) in [5.74, 6) is 0.378. The van der Waals surface area contributed by atoms with Gasteiger partial charge in [-0.1, -0.05) is 48.5 Å². The van der Waals surface area contributed by atoms with Crippen molar-refractivity contribution in [3.8, 4) is 17.0 Å². The van der Waals surface area contributed by atoms with Crippen LogP contribution in [0.4, 0.5) is 4.79 Å². The third-order valence-corrected chi connectivity index (χ3v) is 7.97. The van der Waals surface area contributed by atoms with Crippen LogP contribution in [0.5, 0.6) is 5.88 Å². The Balaban J connectivity index is 1.16. The highest BCUT2D eigenvalue weighted by atomic mass is 16.6. The molecule has 0 N–H and O–H groups in total. The Morgan fingerprint density at radius 1 is 0.946 bits per heavy atom. The van der Waals surface area contributed by atoms with Crippen LogP contribution in [-0.2, 0) is 9.47 Å². The van der Waals surface area contributed by atoms with Crippen LogP contribution in [0.15, 0.2) is 60.7 Å². The van der Waals surface area contributed by atoms with Gasteiger partial charge >= 0.3 is 6.09 Å². The maximum Gasteiger partial charge on any atom is 0.410 e. The van der Waals surface area contributed by atoms with Gasteiger partial charge in [-0.15, -0.1) is 0 Å². The number of fused-ring (bicyclic) bond motifs is 5. The third-order valence-electron chi connectivity index (χ3n) is 7.97. The molecule has 1 amide bonds. The number of hydrogen-bond acceptors (Lipinski definition) is 6. The number of morpholine rings is 1. The SMILES string of the molecule is COc1ccc(C(=O)C2CC3COCC(C2)N3C(=O)OCC2c3ccccc3-c3ccccc32)c(C)n1. The number of hydrogen-bond donors (Lipinski definition) is 0. The summed E-state index contributed by atoms with van der Waals surface area (Å²) in [6, 6.07) is 19.7. The molecule has 1 aromatic heterocycles. The Labute approximate surface area is 216 Å². The molecule has 0 spiro atoms. The van der Waals surface area contributed by atoms with Crippen molar-refractivity contribution >= 4 is 11.9 Å². The summed E-state index contributed by atoms with van der Waals surface area (Å²) in [4.78, 5) is 33.0. The molecule has 2 aliphatic heterocycles. The van der Waals surface area contributed by atoms with E-state index in [1.807, 2.05) is 36.1 Å². The van der Waals surface area contributed by atoms with Gasteiger partial charge in [-0.05, 0) is 48.1 Å². The van der Waals surface area contributed by atoms with Crippen molar-refractivity contribution in [2.75, 3.05) is 26.9 Å². The van der Waals surface area contributed by atoms with E-state index in [9.17, 15) is 9.59 Å². The molecule has 3 aliphatic rings. The second-order valence-corrected chi connectivity index (χ2v) is 10.1. The number of aryl methyl sites for hydroxylation is 1. The van der Waals surface area contributed by atoms with Crippen LogP contribution in [0.3, 0.4) is 0 Å². The fraction of sp³-hybridized carbons (Fsp3) is 0.367. The highest BCUT2D eigenvalue weighted by Crippen LogP contribution is 2.44. The van der Waals surface area contributed by atoms with Gasteiger partial charge < -0.3 is 14.2 Å².